The van der Waals surface area contributed by atoms with E-state index in [9.17, 15) is 4.79 Å². The number of aryl methyl sites for hydroxylation is 1. The number of ether oxygens (including phenoxy) is 1. The Bertz CT molecular complexity index is 760. The molecule has 3 heteroatoms. The molecule has 1 saturated carbocycles. The first-order valence-electron chi connectivity index (χ1n) is 10.2. The van der Waals surface area contributed by atoms with E-state index < -0.39 is 5.41 Å². The normalized spacial score (nSPS) is 17.1. The molecule has 3 nitrogen and oxygen atoms in total. The molecule has 1 N–H and O–H groups in total. The summed E-state index contributed by atoms with van der Waals surface area (Å²) in [5, 5.41) is 3.17. The predicted octanol–water partition coefficient (Wildman–Crippen LogP) is 6.01. The van der Waals surface area contributed by atoms with Crippen LogP contribution in [-0.4, -0.2) is 12.0 Å². The van der Waals surface area contributed by atoms with E-state index in [4.69, 9.17) is 4.74 Å². The minimum Gasteiger partial charge on any atom is -0.491 e. The fourth-order valence-corrected chi connectivity index (χ4v) is 3.93. The van der Waals surface area contributed by atoms with Gasteiger partial charge in [-0.2, -0.15) is 0 Å². The van der Waals surface area contributed by atoms with Gasteiger partial charge in [0.2, 0.25) is 5.91 Å². The van der Waals surface area contributed by atoms with Crippen molar-refractivity contribution in [3.63, 3.8) is 0 Å². The largest absolute Gasteiger partial charge is 0.491 e. The van der Waals surface area contributed by atoms with Crippen LogP contribution in [0.25, 0.3) is 0 Å². The second-order valence-corrected chi connectivity index (χ2v) is 7.83. The number of hydrogen-bond donors (Lipinski definition) is 1. The number of carbonyl (C=O) groups excluding carboxylic acids is 1. The van der Waals surface area contributed by atoms with Crippen molar-refractivity contribution < 1.29 is 9.53 Å². The first-order chi connectivity index (χ1) is 13.0. The van der Waals surface area contributed by atoms with Gasteiger partial charge >= 0.3 is 0 Å². The van der Waals surface area contributed by atoms with Gasteiger partial charge in [-0.25, -0.2) is 0 Å². The third-order valence-corrected chi connectivity index (χ3v) is 5.74. The first kappa shape index (κ1) is 19.5. The Kier molecular flexibility index (Phi) is 6.20. The first-order valence-corrected chi connectivity index (χ1v) is 10.2. The monoisotopic (exact) mass is 365 g/mol. The maximum atomic E-state index is 13.4. The summed E-state index contributed by atoms with van der Waals surface area (Å²) in [5.41, 5.74) is 2.76. The van der Waals surface area contributed by atoms with E-state index >= 15 is 0 Å². The lowest BCUT2D eigenvalue weighted by Crippen LogP contribution is -2.42. The predicted molar refractivity (Wildman–Crippen MR) is 111 cm³/mol. The standard InChI is InChI=1S/C24H31NO2/c1-4-19(3)27-22-13-11-21(12-14-22)25-23(26)24(15-6-5-7-16-24)20-10-8-9-18(2)17-20/h8-14,17,19H,4-7,15-16H2,1-3H3,(H,25,26)/t19-/m0/s1. The fraction of sp³-hybridized carbons (Fsp3) is 0.458. The molecule has 0 spiro atoms. The molecule has 1 fully saturated rings. The number of rotatable bonds is 6. The van der Waals surface area contributed by atoms with Crippen molar-refractivity contribution >= 4 is 11.6 Å². The summed E-state index contributed by atoms with van der Waals surface area (Å²) in [6.45, 7) is 6.26. The zero-order valence-electron chi connectivity index (χ0n) is 16.8. The molecular weight excluding hydrogens is 334 g/mol. The zero-order chi connectivity index (χ0) is 19.3. The third-order valence-electron chi connectivity index (χ3n) is 5.74. The summed E-state index contributed by atoms with van der Waals surface area (Å²) in [4.78, 5) is 13.4. The summed E-state index contributed by atoms with van der Waals surface area (Å²) >= 11 is 0. The van der Waals surface area contributed by atoms with Gasteiger partial charge < -0.3 is 10.1 Å². The molecule has 3 rings (SSSR count). The van der Waals surface area contributed by atoms with E-state index in [1.165, 1.54) is 12.0 Å². The van der Waals surface area contributed by atoms with Gasteiger partial charge in [0.15, 0.2) is 0 Å². The van der Waals surface area contributed by atoms with Gasteiger partial charge in [0.05, 0.1) is 11.5 Å². The average Bonchev–Trinajstić information content (AvgIpc) is 2.70. The Labute approximate surface area is 163 Å². The van der Waals surface area contributed by atoms with Crippen molar-refractivity contribution in [2.75, 3.05) is 5.32 Å². The van der Waals surface area contributed by atoms with Crippen molar-refractivity contribution in [1.82, 2.24) is 0 Å². The van der Waals surface area contributed by atoms with Crippen molar-refractivity contribution in [3.8, 4) is 5.75 Å². The van der Waals surface area contributed by atoms with Gasteiger partial charge in [0.1, 0.15) is 5.75 Å². The quantitative estimate of drug-likeness (QED) is 0.680. The topological polar surface area (TPSA) is 38.3 Å². The Morgan fingerprint density at radius 1 is 1.11 bits per heavy atom. The van der Waals surface area contributed by atoms with Crippen LogP contribution >= 0.6 is 0 Å². The number of carbonyl (C=O) groups is 1. The van der Waals surface area contributed by atoms with Gasteiger partial charge in [-0.3, -0.25) is 4.79 Å². The van der Waals surface area contributed by atoms with Crippen molar-refractivity contribution in [2.45, 2.75) is 70.8 Å². The Morgan fingerprint density at radius 3 is 2.44 bits per heavy atom. The fourth-order valence-electron chi connectivity index (χ4n) is 3.93. The molecule has 0 bridgehead atoms. The van der Waals surface area contributed by atoms with E-state index in [0.717, 1.165) is 49.1 Å². The molecule has 2 aromatic rings. The number of nitrogens with one attached hydrogen (secondary N) is 1. The second kappa shape index (κ2) is 8.60. The SMILES string of the molecule is CC[C@H](C)Oc1ccc(NC(=O)C2(c3cccc(C)c3)CCCCC2)cc1. The summed E-state index contributed by atoms with van der Waals surface area (Å²) in [5.74, 6) is 0.955. The van der Waals surface area contributed by atoms with E-state index in [2.05, 4.69) is 50.4 Å². The molecule has 27 heavy (non-hydrogen) atoms. The van der Waals surface area contributed by atoms with Crippen molar-refractivity contribution in [3.05, 3.63) is 59.7 Å². The molecule has 0 saturated heterocycles. The second-order valence-electron chi connectivity index (χ2n) is 7.83. The molecule has 0 heterocycles. The highest BCUT2D eigenvalue weighted by Gasteiger charge is 2.41. The molecule has 1 atom stereocenters. The molecule has 2 aromatic carbocycles. The number of anilines is 1. The van der Waals surface area contributed by atoms with Crippen LogP contribution in [0.4, 0.5) is 5.69 Å². The van der Waals surface area contributed by atoms with Crippen LogP contribution in [0.5, 0.6) is 5.75 Å². The van der Waals surface area contributed by atoms with Crippen LogP contribution in [0.3, 0.4) is 0 Å². The van der Waals surface area contributed by atoms with Crippen LogP contribution < -0.4 is 10.1 Å². The summed E-state index contributed by atoms with van der Waals surface area (Å²) in [6.07, 6.45) is 6.40. The van der Waals surface area contributed by atoms with Gasteiger partial charge in [0.25, 0.3) is 0 Å². The number of benzene rings is 2. The molecule has 1 aliphatic carbocycles. The lowest BCUT2D eigenvalue weighted by Gasteiger charge is -2.36. The van der Waals surface area contributed by atoms with E-state index in [0.29, 0.717) is 0 Å². The van der Waals surface area contributed by atoms with Crippen LogP contribution in [0.15, 0.2) is 48.5 Å². The van der Waals surface area contributed by atoms with E-state index in [-0.39, 0.29) is 12.0 Å². The summed E-state index contributed by atoms with van der Waals surface area (Å²) in [7, 11) is 0. The lowest BCUT2D eigenvalue weighted by atomic mass is 9.68. The van der Waals surface area contributed by atoms with E-state index in [1.807, 2.05) is 24.3 Å². The van der Waals surface area contributed by atoms with Gasteiger partial charge in [-0.15, -0.1) is 0 Å². The van der Waals surface area contributed by atoms with Gasteiger partial charge in [-0.05, 0) is 62.9 Å². The van der Waals surface area contributed by atoms with Crippen LogP contribution in [-0.2, 0) is 10.2 Å². The summed E-state index contributed by atoms with van der Waals surface area (Å²) in [6, 6.07) is 16.2. The Balaban J connectivity index is 1.79. The molecule has 144 valence electrons. The molecular formula is C24H31NO2. The lowest BCUT2D eigenvalue weighted by molar-refractivity contribution is -0.122. The maximum Gasteiger partial charge on any atom is 0.235 e. The van der Waals surface area contributed by atoms with Crippen molar-refractivity contribution in [2.24, 2.45) is 0 Å². The average molecular weight is 366 g/mol. The zero-order valence-corrected chi connectivity index (χ0v) is 16.8. The molecule has 1 amide bonds. The summed E-state index contributed by atoms with van der Waals surface area (Å²) < 4.78 is 5.83. The van der Waals surface area contributed by atoms with Crippen LogP contribution in [0, 0.1) is 6.92 Å². The molecule has 0 radical (unpaired) electrons. The highest BCUT2D eigenvalue weighted by atomic mass is 16.5. The maximum absolute atomic E-state index is 13.4. The molecule has 0 aliphatic heterocycles. The van der Waals surface area contributed by atoms with Crippen LogP contribution in [0.2, 0.25) is 0 Å². The number of hydrogen-bond acceptors (Lipinski definition) is 2. The minimum absolute atomic E-state index is 0.114. The van der Waals surface area contributed by atoms with Crippen molar-refractivity contribution in [1.29, 1.82) is 0 Å². The molecule has 0 aromatic heterocycles. The highest BCUT2D eigenvalue weighted by Crippen LogP contribution is 2.40. The van der Waals surface area contributed by atoms with E-state index in [1.54, 1.807) is 0 Å². The van der Waals surface area contributed by atoms with Gasteiger partial charge in [0, 0.05) is 5.69 Å². The van der Waals surface area contributed by atoms with Crippen LogP contribution in [0.1, 0.15) is 63.5 Å². The minimum atomic E-state index is -0.420. The smallest absolute Gasteiger partial charge is 0.235 e. The number of amides is 1. The Morgan fingerprint density at radius 2 is 1.81 bits per heavy atom. The molecule has 1 aliphatic rings. The molecule has 0 unspecified atom stereocenters. The Hall–Kier alpha value is -2.29. The van der Waals surface area contributed by atoms with Gasteiger partial charge in [-0.1, -0.05) is 56.0 Å². The third kappa shape index (κ3) is 4.52. The highest BCUT2D eigenvalue weighted by molar-refractivity contribution is 5.99.